The van der Waals surface area contributed by atoms with E-state index in [1.54, 1.807) is 4.90 Å². The molecule has 114 valence electrons. The maximum Gasteiger partial charge on any atom is 0.267 e. The third-order valence-electron chi connectivity index (χ3n) is 3.14. The summed E-state index contributed by atoms with van der Waals surface area (Å²) in [5.41, 5.74) is 5.86. The highest BCUT2D eigenvalue weighted by Gasteiger charge is 2.20. The third kappa shape index (κ3) is 4.67. The summed E-state index contributed by atoms with van der Waals surface area (Å²) < 4.78 is 0. The molecule has 0 spiro atoms. The molecule has 0 bridgehead atoms. The molecule has 1 atom stereocenters. The number of hydrogen-bond donors (Lipinski definition) is 2. The first-order chi connectivity index (χ1) is 9.35. The fourth-order valence-electron chi connectivity index (χ4n) is 1.71. The van der Waals surface area contributed by atoms with Crippen molar-refractivity contribution in [2.45, 2.75) is 34.1 Å². The van der Waals surface area contributed by atoms with E-state index in [0.29, 0.717) is 22.5 Å². The first kappa shape index (κ1) is 16.8. The van der Waals surface area contributed by atoms with Crippen LogP contribution in [0, 0.1) is 11.8 Å². The van der Waals surface area contributed by atoms with Gasteiger partial charge in [0.15, 0.2) is 5.13 Å². The zero-order chi connectivity index (χ0) is 15.3. The van der Waals surface area contributed by atoms with Gasteiger partial charge in [0.05, 0.1) is 0 Å². The Balaban J connectivity index is 2.72. The summed E-state index contributed by atoms with van der Waals surface area (Å²) in [5, 5.41) is 3.93. The van der Waals surface area contributed by atoms with Gasteiger partial charge in [-0.3, -0.25) is 4.79 Å². The van der Waals surface area contributed by atoms with Crippen molar-refractivity contribution in [3.05, 3.63) is 4.88 Å². The Morgan fingerprint density at radius 1 is 1.45 bits per heavy atom. The number of aromatic nitrogens is 1. The molecule has 0 radical (unpaired) electrons. The van der Waals surface area contributed by atoms with Crippen LogP contribution in [0.1, 0.15) is 43.8 Å². The average Bonchev–Trinajstić information content (AvgIpc) is 2.76. The molecule has 0 saturated heterocycles. The number of rotatable bonds is 7. The molecule has 20 heavy (non-hydrogen) atoms. The predicted molar refractivity (Wildman–Crippen MR) is 86.3 cm³/mol. The van der Waals surface area contributed by atoms with Crippen LogP contribution in [0.25, 0.3) is 0 Å². The zero-order valence-corrected chi connectivity index (χ0v) is 13.9. The van der Waals surface area contributed by atoms with E-state index in [1.165, 1.54) is 11.3 Å². The Kier molecular flexibility index (Phi) is 6.26. The number of carbonyl (C=O) groups excluding carboxylic acids is 1. The normalized spacial score (nSPS) is 12.5. The molecule has 0 saturated carbocycles. The Labute approximate surface area is 125 Å². The summed E-state index contributed by atoms with van der Waals surface area (Å²) in [4.78, 5) is 18.8. The minimum Gasteiger partial charge on any atom is -0.382 e. The molecule has 0 aromatic carbocycles. The van der Waals surface area contributed by atoms with Crippen LogP contribution in [0.3, 0.4) is 0 Å². The monoisotopic (exact) mass is 298 g/mol. The highest BCUT2D eigenvalue weighted by atomic mass is 32.1. The first-order valence-electron chi connectivity index (χ1n) is 7.10. The molecular weight excluding hydrogens is 272 g/mol. The number of hydrogen-bond acceptors (Lipinski definition) is 5. The van der Waals surface area contributed by atoms with Crippen molar-refractivity contribution in [3.8, 4) is 0 Å². The lowest BCUT2D eigenvalue weighted by atomic mass is 10.1. The van der Waals surface area contributed by atoms with Gasteiger partial charge in [0.2, 0.25) is 0 Å². The van der Waals surface area contributed by atoms with Crippen LogP contribution in [0.5, 0.6) is 0 Å². The van der Waals surface area contributed by atoms with Crippen LogP contribution >= 0.6 is 11.3 Å². The molecule has 0 fully saturated rings. The summed E-state index contributed by atoms with van der Waals surface area (Å²) in [7, 11) is 1.81. The number of nitrogens with zero attached hydrogens (tertiary/aromatic N) is 2. The van der Waals surface area contributed by atoms with Crippen LogP contribution in [0.15, 0.2) is 0 Å². The largest absolute Gasteiger partial charge is 0.382 e. The van der Waals surface area contributed by atoms with Gasteiger partial charge < -0.3 is 16.0 Å². The second-order valence-electron chi connectivity index (χ2n) is 5.71. The van der Waals surface area contributed by atoms with Gasteiger partial charge in [-0.25, -0.2) is 4.98 Å². The lowest BCUT2D eigenvalue weighted by Crippen LogP contribution is -2.30. The van der Waals surface area contributed by atoms with Crippen molar-refractivity contribution in [1.29, 1.82) is 0 Å². The number of nitrogens with two attached hydrogens (primary N) is 1. The van der Waals surface area contributed by atoms with Gasteiger partial charge in [-0.05, 0) is 11.8 Å². The fourth-order valence-corrected chi connectivity index (χ4v) is 2.59. The van der Waals surface area contributed by atoms with Crippen molar-refractivity contribution >= 4 is 28.2 Å². The van der Waals surface area contributed by atoms with Crippen molar-refractivity contribution in [2.75, 3.05) is 31.2 Å². The minimum absolute atomic E-state index is 0.0436. The first-order valence-corrected chi connectivity index (χ1v) is 7.92. The maximum atomic E-state index is 12.4. The maximum absolute atomic E-state index is 12.4. The number of anilines is 2. The Morgan fingerprint density at radius 2 is 2.10 bits per heavy atom. The molecule has 3 N–H and O–H groups in total. The number of amides is 1. The molecule has 1 aromatic rings. The van der Waals surface area contributed by atoms with Crippen molar-refractivity contribution in [1.82, 2.24) is 9.88 Å². The Morgan fingerprint density at radius 3 is 2.65 bits per heavy atom. The summed E-state index contributed by atoms with van der Waals surface area (Å²) >= 11 is 1.33. The van der Waals surface area contributed by atoms with Gasteiger partial charge in [0, 0.05) is 20.1 Å². The Bertz CT molecular complexity index is 444. The second kappa shape index (κ2) is 7.47. The van der Waals surface area contributed by atoms with E-state index >= 15 is 0 Å². The minimum atomic E-state index is -0.0436. The van der Waals surface area contributed by atoms with Crippen LogP contribution in [-0.2, 0) is 0 Å². The molecule has 5 nitrogen and oxygen atoms in total. The van der Waals surface area contributed by atoms with E-state index in [2.05, 4.69) is 38.0 Å². The quantitative estimate of drug-likeness (QED) is 0.812. The van der Waals surface area contributed by atoms with Crippen LogP contribution in [0.2, 0.25) is 0 Å². The smallest absolute Gasteiger partial charge is 0.267 e. The molecule has 1 heterocycles. The average molecular weight is 298 g/mol. The molecule has 1 unspecified atom stereocenters. The van der Waals surface area contributed by atoms with Gasteiger partial charge in [0.1, 0.15) is 10.7 Å². The topological polar surface area (TPSA) is 71.2 Å². The van der Waals surface area contributed by atoms with E-state index in [1.807, 2.05) is 7.05 Å². The number of nitrogens with one attached hydrogen (secondary N) is 1. The van der Waals surface area contributed by atoms with Crippen molar-refractivity contribution in [2.24, 2.45) is 11.8 Å². The van der Waals surface area contributed by atoms with E-state index < -0.39 is 0 Å². The van der Waals surface area contributed by atoms with Gasteiger partial charge >= 0.3 is 0 Å². The summed E-state index contributed by atoms with van der Waals surface area (Å²) in [6, 6.07) is 0. The highest BCUT2D eigenvalue weighted by molar-refractivity contribution is 7.18. The lowest BCUT2D eigenvalue weighted by molar-refractivity contribution is 0.0780. The van der Waals surface area contributed by atoms with E-state index in [4.69, 9.17) is 5.73 Å². The molecule has 1 amide bonds. The summed E-state index contributed by atoms with van der Waals surface area (Å²) in [5.74, 6) is 1.28. The molecule has 1 aromatic heterocycles. The highest BCUT2D eigenvalue weighted by Crippen LogP contribution is 2.26. The van der Waals surface area contributed by atoms with Crippen molar-refractivity contribution in [3.63, 3.8) is 0 Å². The van der Waals surface area contributed by atoms with Crippen LogP contribution in [-0.4, -0.2) is 35.9 Å². The second-order valence-corrected chi connectivity index (χ2v) is 6.71. The lowest BCUT2D eigenvalue weighted by Gasteiger charge is -2.20. The van der Waals surface area contributed by atoms with E-state index in [0.717, 1.165) is 24.6 Å². The van der Waals surface area contributed by atoms with Crippen molar-refractivity contribution < 1.29 is 4.79 Å². The SMILES string of the molecule is CCC(C)CN(C)C(=O)c1sc(NCC(C)C)nc1N. The molecular formula is C14H26N4OS. The Hall–Kier alpha value is -1.30. The predicted octanol–water partition coefficient (Wildman–Crippen LogP) is 2.91. The van der Waals surface area contributed by atoms with Crippen LogP contribution in [0.4, 0.5) is 10.9 Å². The third-order valence-corrected chi connectivity index (χ3v) is 4.16. The molecule has 0 aliphatic heterocycles. The van der Waals surface area contributed by atoms with Gasteiger partial charge in [0.25, 0.3) is 5.91 Å². The number of nitrogen functional groups attached to an aromatic ring is 1. The molecule has 0 aliphatic carbocycles. The summed E-state index contributed by atoms with van der Waals surface area (Å²) in [6.07, 6.45) is 1.05. The fraction of sp³-hybridized carbons (Fsp3) is 0.714. The standard InChI is InChI=1S/C14H26N4OS/c1-6-10(4)8-18(5)13(19)11-12(15)17-14(20-11)16-7-9(2)3/h9-10H,6-8,15H2,1-5H3,(H,16,17). The molecule has 6 heteroatoms. The number of thiazole rings is 1. The van der Waals surface area contributed by atoms with Crippen LogP contribution < -0.4 is 11.1 Å². The number of carbonyl (C=O) groups is 1. The van der Waals surface area contributed by atoms with E-state index in [-0.39, 0.29) is 5.91 Å². The van der Waals surface area contributed by atoms with E-state index in [9.17, 15) is 4.79 Å². The van der Waals surface area contributed by atoms with Gasteiger partial charge in [-0.1, -0.05) is 45.5 Å². The zero-order valence-electron chi connectivity index (χ0n) is 13.1. The molecule has 0 aliphatic rings. The molecule has 1 rings (SSSR count). The summed E-state index contributed by atoms with van der Waals surface area (Å²) in [6.45, 7) is 10.1. The van der Waals surface area contributed by atoms with Gasteiger partial charge in [-0.2, -0.15) is 0 Å². The van der Waals surface area contributed by atoms with Gasteiger partial charge in [-0.15, -0.1) is 0 Å².